The standard InChI is InChI=1S/C20H18N2O3/c1-14(22)18(12-21)19(23)13-25-20(24)17-10-6-5-9-16(17)11-15-7-3-2-4-8-15/h2-10H,11,13,22H2,1H3. The molecule has 2 aromatic rings. The molecule has 0 fully saturated rings. The number of ether oxygens (including phenoxy) is 1. The third-order valence-corrected chi connectivity index (χ3v) is 3.59. The highest BCUT2D eigenvalue weighted by atomic mass is 16.5. The van der Waals surface area contributed by atoms with Crippen molar-refractivity contribution in [2.45, 2.75) is 13.3 Å². The Morgan fingerprint density at radius 3 is 2.36 bits per heavy atom. The number of Topliss-reactive ketones (excluding diaryl/α,β-unsaturated/α-hetero) is 1. The van der Waals surface area contributed by atoms with Crippen LogP contribution in [0.5, 0.6) is 0 Å². The average molecular weight is 334 g/mol. The maximum absolute atomic E-state index is 12.3. The van der Waals surface area contributed by atoms with Crippen molar-refractivity contribution < 1.29 is 14.3 Å². The Hall–Kier alpha value is -3.39. The molecule has 0 atom stereocenters. The van der Waals surface area contributed by atoms with Crippen LogP contribution in [0.1, 0.15) is 28.4 Å². The molecule has 5 heteroatoms. The first-order valence-electron chi connectivity index (χ1n) is 7.71. The third kappa shape index (κ3) is 4.79. The van der Waals surface area contributed by atoms with Crippen LogP contribution < -0.4 is 5.73 Å². The number of nitrogens with zero attached hydrogens (tertiary/aromatic N) is 1. The van der Waals surface area contributed by atoms with Crippen molar-refractivity contribution in [2.24, 2.45) is 5.73 Å². The molecular formula is C20H18N2O3. The monoisotopic (exact) mass is 334 g/mol. The van der Waals surface area contributed by atoms with Crippen LogP contribution in [0, 0.1) is 11.3 Å². The molecule has 5 nitrogen and oxygen atoms in total. The molecule has 2 aromatic carbocycles. The number of allylic oxidation sites excluding steroid dienone is 1. The fraction of sp³-hybridized carbons (Fsp3) is 0.150. The van der Waals surface area contributed by atoms with Gasteiger partial charge >= 0.3 is 5.97 Å². The fourth-order valence-corrected chi connectivity index (χ4v) is 2.34. The molecule has 0 spiro atoms. The second-order valence-electron chi connectivity index (χ2n) is 5.49. The minimum atomic E-state index is -0.614. The zero-order valence-electron chi connectivity index (χ0n) is 13.9. The molecule has 0 saturated carbocycles. The lowest BCUT2D eigenvalue weighted by Gasteiger charge is -2.09. The van der Waals surface area contributed by atoms with Crippen molar-refractivity contribution in [3.63, 3.8) is 0 Å². The Labute approximate surface area is 146 Å². The van der Waals surface area contributed by atoms with Crippen molar-refractivity contribution in [2.75, 3.05) is 6.61 Å². The lowest BCUT2D eigenvalue weighted by molar-refractivity contribution is -0.118. The first-order valence-corrected chi connectivity index (χ1v) is 7.71. The Kier molecular flexibility index (Phi) is 6.08. The molecule has 0 unspecified atom stereocenters. The Morgan fingerprint density at radius 2 is 1.72 bits per heavy atom. The summed E-state index contributed by atoms with van der Waals surface area (Å²) in [5, 5.41) is 8.91. The zero-order valence-corrected chi connectivity index (χ0v) is 13.9. The largest absolute Gasteiger partial charge is 0.454 e. The van der Waals surface area contributed by atoms with Gasteiger partial charge in [-0.1, -0.05) is 48.5 Å². The zero-order chi connectivity index (χ0) is 18.2. The van der Waals surface area contributed by atoms with Crippen LogP contribution in [-0.2, 0) is 16.0 Å². The van der Waals surface area contributed by atoms with Crippen molar-refractivity contribution in [1.82, 2.24) is 0 Å². The number of rotatable bonds is 6. The number of benzene rings is 2. The van der Waals surface area contributed by atoms with Gasteiger partial charge in [0, 0.05) is 5.70 Å². The smallest absolute Gasteiger partial charge is 0.338 e. The summed E-state index contributed by atoms with van der Waals surface area (Å²) in [7, 11) is 0. The van der Waals surface area contributed by atoms with Crippen LogP contribution in [0.4, 0.5) is 0 Å². The maximum Gasteiger partial charge on any atom is 0.338 e. The quantitative estimate of drug-likeness (QED) is 0.498. The van der Waals surface area contributed by atoms with E-state index >= 15 is 0 Å². The number of nitrogens with two attached hydrogens (primary N) is 1. The molecule has 0 aliphatic carbocycles. The molecule has 0 aliphatic rings. The number of carbonyl (C=O) groups excluding carboxylic acids is 2. The highest BCUT2D eigenvalue weighted by Gasteiger charge is 2.17. The molecule has 126 valence electrons. The SMILES string of the molecule is CC(N)=C(C#N)C(=O)COC(=O)c1ccccc1Cc1ccccc1. The summed E-state index contributed by atoms with van der Waals surface area (Å²) < 4.78 is 5.07. The summed E-state index contributed by atoms with van der Waals surface area (Å²) in [6.45, 7) is 0.934. The van der Waals surface area contributed by atoms with E-state index in [-0.39, 0.29) is 11.3 Å². The van der Waals surface area contributed by atoms with E-state index in [1.165, 1.54) is 6.92 Å². The summed E-state index contributed by atoms with van der Waals surface area (Å²) in [6.07, 6.45) is 0.575. The van der Waals surface area contributed by atoms with Gasteiger partial charge in [-0.15, -0.1) is 0 Å². The van der Waals surface area contributed by atoms with Crippen LogP contribution in [0.2, 0.25) is 0 Å². The molecule has 2 N–H and O–H groups in total. The van der Waals surface area contributed by atoms with Crippen molar-refractivity contribution in [1.29, 1.82) is 5.26 Å². The van der Waals surface area contributed by atoms with E-state index in [9.17, 15) is 9.59 Å². The van der Waals surface area contributed by atoms with E-state index in [1.807, 2.05) is 42.5 Å². The summed E-state index contributed by atoms with van der Waals surface area (Å²) in [5.41, 5.74) is 7.65. The van der Waals surface area contributed by atoms with Crippen molar-refractivity contribution >= 4 is 11.8 Å². The number of hydrogen-bond acceptors (Lipinski definition) is 5. The Balaban J connectivity index is 2.11. The number of esters is 1. The normalized spacial score (nSPS) is 11.2. The summed E-state index contributed by atoms with van der Waals surface area (Å²) in [4.78, 5) is 24.2. The van der Waals surface area contributed by atoms with Gasteiger partial charge in [-0.3, -0.25) is 4.79 Å². The highest BCUT2D eigenvalue weighted by molar-refractivity contribution is 6.02. The van der Waals surface area contributed by atoms with Gasteiger partial charge in [0.25, 0.3) is 0 Å². The molecule has 0 aromatic heterocycles. The number of ketones is 1. The molecule has 0 amide bonds. The summed E-state index contributed by atoms with van der Waals surface area (Å²) in [5.74, 6) is -1.22. The number of hydrogen-bond donors (Lipinski definition) is 1. The predicted molar refractivity (Wildman–Crippen MR) is 93.5 cm³/mol. The van der Waals surface area contributed by atoms with Crippen LogP contribution >= 0.6 is 0 Å². The van der Waals surface area contributed by atoms with Gasteiger partial charge in [0.15, 0.2) is 6.61 Å². The van der Waals surface area contributed by atoms with Crippen LogP contribution in [0.15, 0.2) is 65.9 Å². The summed E-state index contributed by atoms with van der Waals surface area (Å²) >= 11 is 0. The van der Waals surface area contributed by atoms with E-state index < -0.39 is 18.4 Å². The van der Waals surface area contributed by atoms with Gasteiger partial charge in [0.05, 0.1) is 5.56 Å². The van der Waals surface area contributed by atoms with Crippen molar-refractivity contribution in [3.8, 4) is 6.07 Å². The second-order valence-corrected chi connectivity index (χ2v) is 5.49. The maximum atomic E-state index is 12.3. The van der Waals surface area contributed by atoms with E-state index in [4.69, 9.17) is 15.7 Å². The molecule has 2 rings (SSSR count). The van der Waals surface area contributed by atoms with Gasteiger partial charge in [0.2, 0.25) is 5.78 Å². The first kappa shape index (κ1) is 18.0. The molecule has 0 radical (unpaired) electrons. The second kappa shape index (κ2) is 8.46. The highest BCUT2D eigenvalue weighted by Crippen LogP contribution is 2.15. The van der Waals surface area contributed by atoms with E-state index in [2.05, 4.69) is 0 Å². The van der Waals surface area contributed by atoms with Crippen molar-refractivity contribution in [3.05, 3.63) is 82.6 Å². The average Bonchev–Trinajstić information content (AvgIpc) is 2.61. The van der Waals surface area contributed by atoms with Gasteiger partial charge in [-0.05, 0) is 30.5 Å². The Morgan fingerprint density at radius 1 is 1.08 bits per heavy atom. The first-order chi connectivity index (χ1) is 12.0. The molecule has 0 aliphatic heterocycles. The molecule has 0 bridgehead atoms. The van der Waals surface area contributed by atoms with Gasteiger partial charge in [0.1, 0.15) is 11.6 Å². The van der Waals surface area contributed by atoms with Crippen LogP contribution in [-0.4, -0.2) is 18.4 Å². The summed E-state index contributed by atoms with van der Waals surface area (Å²) in [6, 6.07) is 18.5. The van der Waals surface area contributed by atoms with Gasteiger partial charge in [-0.2, -0.15) is 5.26 Å². The molecule has 0 heterocycles. The fourth-order valence-electron chi connectivity index (χ4n) is 2.34. The molecular weight excluding hydrogens is 316 g/mol. The lowest BCUT2D eigenvalue weighted by Crippen LogP contribution is -2.18. The van der Waals surface area contributed by atoms with Gasteiger partial charge < -0.3 is 10.5 Å². The van der Waals surface area contributed by atoms with Gasteiger partial charge in [-0.25, -0.2) is 4.79 Å². The van der Waals surface area contributed by atoms with Crippen LogP contribution in [0.25, 0.3) is 0 Å². The minimum absolute atomic E-state index is 0.105. The van der Waals surface area contributed by atoms with E-state index in [0.29, 0.717) is 12.0 Å². The minimum Gasteiger partial charge on any atom is -0.454 e. The van der Waals surface area contributed by atoms with E-state index in [1.54, 1.807) is 18.2 Å². The molecule has 25 heavy (non-hydrogen) atoms. The lowest BCUT2D eigenvalue weighted by atomic mass is 10.00. The predicted octanol–water partition coefficient (Wildman–Crippen LogP) is 2.76. The number of nitriles is 1. The third-order valence-electron chi connectivity index (χ3n) is 3.59. The number of carbonyl (C=O) groups is 2. The van der Waals surface area contributed by atoms with Crippen LogP contribution in [0.3, 0.4) is 0 Å². The topological polar surface area (TPSA) is 93.2 Å². The Bertz CT molecular complexity index is 845. The molecule has 0 saturated heterocycles. The van der Waals surface area contributed by atoms with E-state index in [0.717, 1.165) is 11.1 Å².